The lowest BCUT2D eigenvalue weighted by Crippen LogP contribution is -2.48. The fraction of sp³-hybridized carbons (Fsp3) is 0.500. The van der Waals surface area contributed by atoms with Crippen molar-refractivity contribution in [2.24, 2.45) is 10.9 Å². The van der Waals surface area contributed by atoms with Gasteiger partial charge in [0.05, 0.1) is 12.4 Å². The summed E-state index contributed by atoms with van der Waals surface area (Å²) in [7, 11) is 1.82. The van der Waals surface area contributed by atoms with Crippen LogP contribution in [0.5, 0.6) is 0 Å². The number of carbonyl (C=O) groups is 1. The third-order valence-corrected chi connectivity index (χ3v) is 5.51. The van der Waals surface area contributed by atoms with Crippen LogP contribution in [0.15, 0.2) is 48.0 Å². The van der Waals surface area contributed by atoms with Crippen LogP contribution in [0.2, 0.25) is 0 Å². The number of carbonyl (C=O) groups excluding carboxylic acids is 1. The van der Waals surface area contributed by atoms with E-state index in [-0.39, 0.29) is 29.9 Å². The molecule has 2 heterocycles. The van der Waals surface area contributed by atoms with Crippen LogP contribution in [0.3, 0.4) is 0 Å². The lowest BCUT2D eigenvalue weighted by Gasteiger charge is -2.39. The first-order valence-electron chi connectivity index (χ1n) is 10.4. The summed E-state index contributed by atoms with van der Waals surface area (Å²) in [6.45, 7) is 7.54. The highest BCUT2D eigenvalue weighted by Gasteiger charge is 2.28. The van der Waals surface area contributed by atoms with Gasteiger partial charge in [-0.2, -0.15) is 0 Å². The van der Waals surface area contributed by atoms with E-state index in [1.54, 1.807) is 0 Å². The number of guanidine groups is 1. The maximum atomic E-state index is 12.2. The number of nitrogens with one attached hydrogen (secondary N) is 2. The number of piperidine rings is 1. The first kappa shape index (κ1) is 24.2. The number of halogens is 1. The van der Waals surface area contributed by atoms with Gasteiger partial charge in [-0.3, -0.25) is 9.79 Å². The van der Waals surface area contributed by atoms with E-state index < -0.39 is 0 Å². The van der Waals surface area contributed by atoms with Gasteiger partial charge < -0.3 is 20.1 Å². The highest BCUT2D eigenvalue weighted by molar-refractivity contribution is 14.0. The normalized spacial score (nSPS) is 19.2. The summed E-state index contributed by atoms with van der Waals surface area (Å²) in [6, 6.07) is 8.14. The maximum Gasteiger partial charge on any atom is 0.251 e. The summed E-state index contributed by atoms with van der Waals surface area (Å²) in [5, 5.41) is 6.39. The van der Waals surface area contributed by atoms with Gasteiger partial charge in [0, 0.05) is 51.2 Å². The fourth-order valence-corrected chi connectivity index (χ4v) is 3.77. The molecule has 1 saturated heterocycles. The van der Waals surface area contributed by atoms with Crippen molar-refractivity contribution in [1.29, 1.82) is 0 Å². The number of aromatic nitrogens is 2. The standard InChI is InChI=1S/C22H32N6O.HI/c1-4-9-25-21(29)19-7-5-6-18(13-19)14-26-22(23-3)27-11-8-17(2)20(15-27)28-12-10-24-16-28;/h5-7,10,12-13,16-17,20H,4,8-9,11,14-15H2,1-3H3,(H,23,26)(H,25,29);1H. The number of benzene rings is 1. The van der Waals surface area contributed by atoms with Crippen LogP contribution in [0, 0.1) is 5.92 Å². The van der Waals surface area contributed by atoms with Gasteiger partial charge in [-0.15, -0.1) is 24.0 Å². The summed E-state index contributed by atoms with van der Waals surface area (Å²) in [6.07, 6.45) is 7.81. The Morgan fingerprint density at radius 1 is 1.33 bits per heavy atom. The molecule has 2 unspecified atom stereocenters. The van der Waals surface area contributed by atoms with E-state index in [4.69, 9.17) is 0 Å². The second kappa shape index (κ2) is 11.9. The van der Waals surface area contributed by atoms with Crippen LogP contribution in [0.25, 0.3) is 0 Å². The van der Waals surface area contributed by atoms with E-state index in [0.29, 0.717) is 30.6 Å². The number of hydrogen-bond acceptors (Lipinski definition) is 3. The van der Waals surface area contributed by atoms with Crippen LogP contribution >= 0.6 is 24.0 Å². The molecule has 3 rings (SSSR count). The Kier molecular flexibility index (Phi) is 9.61. The van der Waals surface area contributed by atoms with Crippen LogP contribution in [0.1, 0.15) is 48.7 Å². The number of likely N-dealkylation sites (tertiary alicyclic amines) is 1. The van der Waals surface area contributed by atoms with Gasteiger partial charge in [-0.05, 0) is 36.5 Å². The Hall–Kier alpha value is -2.10. The molecule has 0 radical (unpaired) electrons. The van der Waals surface area contributed by atoms with E-state index in [1.807, 2.05) is 57.0 Å². The lowest BCUT2D eigenvalue weighted by atomic mass is 9.93. The third-order valence-electron chi connectivity index (χ3n) is 5.51. The fourth-order valence-electron chi connectivity index (χ4n) is 3.77. The maximum absolute atomic E-state index is 12.2. The monoisotopic (exact) mass is 524 g/mol. The topological polar surface area (TPSA) is 74.6 Å². The molecule has 1 aliphatic heterocycles. The van der Waals surface area contributed by atoms with Gasteiger partial charge in [0.25, 0.3) is 5.91 Å². The molecule has 1 aliphatic rings. The minimum absolute atomic E-state index is 0. The van der Waals surface area contributed by atoms with Crippen molar-refractivity contribution < 1.29 is 4.79 Å². The smallest absolute Gasteiger partial charge is 0.251 e. The summed E-state index contributed by atoms with van der Waals surface area (Å²) in [5.41, 5.74) is 1.76. The van der Waals surface area contributed by atoms with E-state index in [2.05, 4.69) is 37.0 Å². The number of nitrogens with zero attached hydrogens (tertiary/aromatic N) is 4. The summed E-state index contributed by atoms with van der Waals surface area (Å²) < 4.78 is 2.20. The molecule has 1 aromatic heterocycles. The molecular weight excluding hydrogens is 491 g/mol. The van der Waals surface area contributed by atoms with E-state index in [1.165, 1.54) is 0 Å². The Morgan fingerprint density at radius 2 is 2.17 bits per heavy atom. The Balaban J connectivity index is 0.00000320. The Labute approximate surface area is 196 Å². The highest BCUT2D eigenvalue weighted by atomic mass is 127. The van der Waals surface area contributed by atoms with Crippen LogP contribution in [-0.2, 0) is 6.54 Å². The van der Waals surface area contributed by atoms with Gasteiger partial charge in [0.2, 0.25) is 0 Å². The van der Waals surface area contributed by atoms with Crippen LogP contribution < -0.4 is 10.6 Å². The zero-order chi connectivity index (χ0) is 20.6. The quantitative estimate of drug-likeness (QED) is 0.346. The zero-order valence-corrected chi connectivity index (χ0v) is 20.4. The van der Waals surface area contributed by atoms with Crippen molar-refractivity contribution in [3.63, 3.8) is 0 Å². The molecular formula is C22H33IN6O. The molecule has 0 aliphatic carbocycles. The van der Waals surface area contributed by atoms with Crippen molar-refractivity contribution in [3.05, 3.63) is 54.1 Å². The number of rotatable bonds is 6. The second-order valence-electron chi connectivity index (χ2n) is 7.65. The van der Waals surface area contributed by atoms with E-state index in [0.717, 1.165) is 37.5 Å². The average Bonchev–Trinajstić information content (AvgIpc) is 3.28. The van der Waals surface area contributed by atoms with Crippen molar-refractivity contribution in [2.75, 3.05) is 26.7 Å². The number of hydrogen-bond donors (Lipinski definition) is 2. The van der Waals surface area contributed by atoms with Gasteiger partial charge in [-0.1, -0.05) is 26.0 Å². The van der Waals surface area contributed by atoms with Gasteiger partial charge >= 0.3 is 0 Å². The number of aliphatic imine (C=N–C) groups is 1. The molecule has 164 valence electrons. The minimum atomic E-state index is -0.0220. The van der Waals surface area contributed by atoms with Crippen molar-refractivity contribution in [3.8, 4) is 0 Å². The molecule has 2 atom stereocenters. The van der Waals surface area contributed by atoms with Crippen molar-refractivity contribution in [1.82, 2.24) is 25.1 Å². The number of imidazole rings is 1. The third kappa shape index (κ3) is 6.20. The molecule has 8 heteroatoms. The first-order valence-corrected chi connectivity index (χ1v) is 10.4. The Bertz CT molecular complexity index is 823. The Morgan fingerprint density at radius 3 is 2.87 bits per heavy atom. The van der Waals surface area contributed by atoms with Crippen molar-refractivity contribution >= 4 is 35.8 Å². The van der Waals surface area contributed by atoms with Gasteiger partial charge in [0.15, 0.2) is 5.96 Å². The highest BCUT2D eigenvalue weighted by Crippen LogP contribution is 2.27. The molecule has 7 nitrogen and oxygen atoms in total. The largest absolute Gasteiger partial charge is 0.352 e. The predicted octanol–water partition coefficient (Wildman–Crippen LogP) is 3.30. The second-order valence-corrected chi connectivity index (χ2v) is 7.65. The molecule has 0 bridgehead atoms. The average molecular weight is 524 g/mol. The minimum Gasteiger partial charge on any atom is -0.352 e. The molecule has 2 aromatic rings. The van der Waals surface area contributed by atoms with Gasteiger partial charge in [-0.25, -0.2) is 4.98 Å². The SMILES string of the molecule is CCCNC(=O)c1cccc(CNC(=NC)N2CCC(C)C(n3ccnc3)C2)c1.I. The molecule has 2 N–H and O–H groups in total. The molecule has 0 spiro atoms. The summed E-state index contributed by atoms with van der Waals surface area (Å²) >= 11 is 0. The van der Waals surface area contributed by atoms with Crippen molar-refractivity contribution in [2.45, 2.75) is 39.3 Å². The molecule has 30 heavy (non-hydrogen) atoms. The van der Waals surface area contributed by atoms with E-state index in [9.17, 15) is 4.79 Å². The lowest BCUT2D eigenvalue weighted by molar-refractivity contribution is 0.0953. The molecule has 1 aromatic carbocycles. The van der Waals surface area contributed by atoms with E-state index >= 15 is 0 Å². The summed E-state index contributed by atoms with van der Waals surface area (Å²) in [5.74, 6) is 1.46. The molecule has 1 fully saturated rings. The van der Waals surface area contributed by atoms with Crippen LogP contribution in [-0.4, -0.2) is 53.0 Å². The molecule has 0 saturated carbocycles. The first-order chi connectivity index (χ1) is 14.1. The predicted molar refractivity (Wildman–Crippen MR) is 131 cm³/mol. The number of amides is 1. The van der Waals surface area contributed by atoms with Gasteiger partial charge in [0.1, 0.15) is 0 Å². The van der Waals surface area contributed by atoms with Crippen LogP contribution in [0.4, 0.5) is 0 Å². The zero-order valence-electron chi connectivity index (χ0n) is 18.0. The summed E-state index contributed by atoms with van der Waals surface area (Å²) in [4.78, 5) is 23.2. The molecule has 1 amide bonds.